The molecule has 3 aromatic rings. The van der Waals surface area contributed by atoms with E-state index >= 15 is 0 Å². The van der Waals surface area contributed by atoms with E-state index in [0.717, 1.165) is 56.5 Å². The number of nitrogens with zero attached hydrogens (tertiary/aromatic N) is 2. The molecule has 4 rings (SSSR count). The Morgan fingerprint density at radius 1 is 0.971 bits per heavy atom. The van der Waals surface area contributed by atoms with E-state index in [-0.39, 0.29) is 5.78 Å². The Hall–Kier alpha value is -3.12. The van der Waals surface area contributed by atoms with Crippen molar-refractivity contribution >= 4 is 22.4 Å². The van der Waals surface area contributed by atoms with Crippen LogP contribution in [-0.4, -0.2) is 50.0 Å². The summed E-state index contributed by atoms with van der Waals surface area (Å²) >= 11 is 0. The molecule has 0 amide bonds. The Bertz CT molecular complexity index is 1240. The van der Waals surface area contributed by atoms with Crippen LogP contribution < -0.4 is 15.3 Å². The minimum absolute atomic E-state index is 0.170. The maximum absolute atomic E-state index is 12.3. The molecule has 0 radical (unpaired) electrons. The highest BCUT2D eigenvalue weighted by molar-refractivity contribution is 6.07. The zero-order chi connectivity index (χ0) is 24.2. The maximum Gasteiger partial charge on any atom is 0.336 e. The molecule has 1 aliphatic rings. The molecule has 2 heterocycles. The molecule has 1 aliphatic heterocycles. The van der Waals surface area contributed by atoms with Crippen molar-refractivity contribution in [3.63, 3.8) is 0 Å². The summed E-state index contributed by atoms with van der Waals surface area (Å²) in [5.74, 6) is 0.312. The van der Waals surface area contributed by atoms with E-state index in [1.54, 1.807) is 6.07 Å². The van der Waals surface area contributed by atoms with Gasteiger partial charge < -0.3 is 14.1 Å². The van der Waals surface area contributed by atoms with E-state index in [1.807, 2.05) is 13.0 Å². The second-order valence-corrected chi connectivity index (χ2v) is 9.29. The molecular weight excluding hydrogens is 428 g/mol. The highest BCUT2D eigenvalue weighted by Gasteiger charge is 2.19. The standard InChI is InChI=1S/C28H34N2O4/c1-19-7-8-20(2)24(17-19)30-14-12-29(13-15-30)11-5-6-16-33-25-10-9-23-21(3)18-26(32)34-28(23)27(25)22(4)31/h7-10,17-18H,5-6,11-16H2,1-4H3. The van der Waals surface area contributed by atoms with Crippen LogP contribution in [-0.2, 0) is 0 Å². The van der Waals surface area contributed by atoms with E-state index in [0.29, 0.717) is 23.5 Å². The lowest BCUT2D eigenvalue weighted by Crippen LogP contribution is -2.46. The van der Waals surface area contributed by atoms with E-state index in [1.165, 1.54) is 29.8 Å². The second kappa shape index (κ2) is 10.4. The highest BCUT2D eigenvalue weighted by atomic mass is 16.5. The third-order valence-electron chi connectivity index (χ3n) is 6.64. The lowest BCUT2D eigenvalue weighted by molar-refractivity contribution is 0.101. The van der Waals surface area contributed by atoms with Crippen LogP contribution in [0, 0.1) is 20.8 Å². The molecule has 180 valence electrons. The summed E-state index contributed by atoms with van der Waals surface area (Å²) in [6.45, 7) is 13.4. The van der Waals surface area contributed by atoms with E-state index in [2.05, 4.69) is 41.8 Å². The zero-order valence-corrected chi connectivity index (χ0v) is 20.6. The largest absolute Gasteiger partial charge is 0.493 e. The first kappa shape index (κ1) is 24.0. The number of carbonyl (C=O) groups excluding carboxylic acids is 1. The summed E-state index contributed by atoms with van der Waals surface area (Å²) in [4.78, 5) is 29.2. The lowest BCUT2D eigenvalue weighted by atomic mass is 10.0. The summed E-state index contributed by atoms with van der Waals surface area (Å²) in [5.41, 5.74) is 5.00. The van der Waals surface area contributed by atoms with Gasteiger partial charge in [-0.1, -0.05) is 12.1 Å². The van der Waals surface area contributed by atoms with Crippen molar-refractivity contribution in [2.45, 2.75) is 40.5 Å². The number of benzene rings is 2. The predicted molar refractivity (Wildman–Crippen MR) is 137 cm³/mol. The van der Waals surface area contributed by atoms with E-state index < -0.39 is 5.63 Å². The summed E-state index contributed by atoms with van der Waals surface area (Å²) in [6, 6.07) is 11.8. The first-order chi connectivity index (χ1) is 16.3. The van der Waals surface area contributed by atoms with E-state index in [4.69, 9.17) is 9.15 Å². The van der Waals surface area contributed by atoms with Crippen molar-refractivity contribution in [3.8, 4) is 5.75 Å². The predicted octanol–water partition coefficient (Wildman–Crippen LogP) is 4.90. The van der Waals surface area contributed by atoms with Gasteiger partial charge in [0.15, 0.2) is 11.4 Å². The summed E-state index contributed by atoms with van der Waals surface area (Å²) < 4.78 is 11.3. The molecule has 34 heavy (non-hydrogen) atoms. The normalized spacial score (nSPS) is 14.5. The summed E-state index contributed by atoms with van der Waals surface area (Å²) in [7, 11) is 0. The molecular formula is C28H34N2O4. The number of aryl methyl sites for hydroxylation is 3. The van der Waals surface area contributed by atoms with Crippen molar-refractivity contribution in [1.82, 2.24) is 4.90 Å². The number of piperazine rings is 1. The fourth-order valence-electron chi connectivity index (χ4n) is 4.71. The zero-order valence-electron chi connectivity index (χ0n) is 20.6. The van der Waals surface area contributed by atoms with Gasteiger partial charge in [-0.25, -0.2) is 4.79 Å². The number of hydrogen-bond donors (Lipinski definition) is 0. The molecule has 1 saturated heterocycles. The molecule has 0 bridgehead atoms. The first-order valence-electron chi connectivity index (χ1n) is 12.1. The van der Waals surface area contributed by atoms with Crippen LogP contribution in [0.2, 0.25) is 0 Å². The average molecular weight is 463 g/mol. The Kier molecular flexibility index (Phi) is 7.37. The molecule has 1 aromatic heterocycles. The van der Waals surface area contributed by atoms with Crippen LogP contribution in [0.5, 0.6) is 5.75 Å². The van der Waals surface area contributed by atoms with Crippen molar-refractivity contribution in [2.24, 2.45) is 0 Å². The Labute approximate surface area is 201 Å². The van der Waals surface area contributed by atoms with Crippen molar-refractivity contribution in [1.29, 1.82) is 0 Å². The number of ketones is 1. The van der Waals surface area contributed by atoms with Crippen LogP contribution in [0.25, 0.3) is 11.0 Å². The van der Waals surface area contributed by atoms with Crippen LogP contribution >= 0.6 is 0 Å². The van der Waals surface area contributed by atoms with Gasteiger partial charge in [0.05, 0.1) is 6.61 Å². The SMILES string of the molecule is CC(=O)c1c(OCCCCN2CCN(c3cc(C)ccc3C)CC2)ccc2c(C)cc(=O)oc12. The van der Waals surface area contributed by atoms with Gasteiger partial charge in [-0.15, -0.1) is 0 Å². The van der Waals surface area contributed by atoms with Gasteiger partial charge in [-0.3, -0.25) is 9.69 Å². The van der Waals surface area contributed by atoms with Crippen molar-refractivity contribution in [2.75, 3.05) is 44.2 Å². The van der Waals surface area contributed by atoms with E-state index in [9.17, 15) is 9.59 Å². The molecule has 0 unspecified atom stereocenters. The molecule has 6 nitrogen and oxygen atoms in total. The number of anilines is 1. The average Bonchev–Trinajstić information content (AvgIpc) is 2.80. The molecule has 0 saturated carbocycles. The number of rotatable bonds is 8. The minimum atomic E-state index is -0.456. The molecule has 2 aromatic carbocycles. The molecule has 0 atom stereocenters. The third-order valence-corrected chi connectivity index (χ3v) is 6.64. The highest BCUT2D eigenvalue weighted by Crippen LogP contribution is 2.30. The number of Topliss-reactive ketones (excluding diaryl/α,β-unsaturated/α-hetero) is 1. The van der Waals surface area contributed by atoms with Gasteiger partial charge in [-0.2, -0.15) is 0 Å². The van der Waals surface area contributed by atoms with Crippen LogP contribution in [0.4, 0.5) is 5.69 Å². The van der Waals surface area contributed by atoms with Crippen LogP contribution in [0.3, 0.4) is 0 Å². The number of fused-ring (bicyclic) bond motifs is 1. The first-order valence-corrected chi connectivity index (χ1v) is 12.1. The number of unbranched alkanes of at least 4 members (excludes halogenated alkanes) is 1. The molecule has 6 heteroatoms. The van der Waals surface area contributed by atoms with Crippen molar-refractivity contribution < 1.29 is 13.9 Å². The smallest absolute Gasteiger partial charge is 0.336 e. The number of carbonyl (C=O) groups is 1. The van der Waals surface area contributed by atoms with Gasteiger partial charge in [-0.05, 0) is 82.0 Å². The van der Waals surface area contributed by atoms with Gasteiger partial charge >= 0.3 is 5.63 Å². The molecule has 0 N–H and O–H groups in total. The molecule has 0 aliphatic carbocycles. The van der Waals surface area contributed by atoms with Gasteiger partial charge in [0.25, 0.3) is 0 Å². The van der Waals surface area contributed by atoms with Crippen molar-refractivity contribution in [3.05, 3.63) is 69.1 Å². The summed E-state index contributed by atoms with van der Waals surface area (Å²) in [5, 5.41) is 0.761. The van der Waals surface area contributed by atoms with Gasteiger partial charge in [0.2, 0.25) is 0 Å². The van der Waals surface area contributed by atoms with Gasteiger partial charge in [0.1, 0.15) is 11.3 Å². The topological polar surface area (TPSA) is 63.0 Å². The number of ether oxygens (including phenoxy) is 1. The monoisotopic (exact) mass is 462 g/mol. The fraction of sp³-hybridized carbons (Fsp3) is 0.429. The Morgan fingerprint density at radius 2 is 1.74 bits per heavy atom. The lowest BCUT2D eigenvalue weighted by Gasteiger charge is -2.37. The molecule has 0 spiro atoms. The number of hydrogen-bond acceptors (Lipinski definition) is 6. The van der Waals surface area contributed by atoms with Gasteiger partial charge in [0, 0.05) is 43.3 Å². The van der Waals surface area contributed by atoms with Crippen LogP contribution in [0.1, 0.15) is 46.8 Å². The quantitative estimate of drug-likeness (QED) is 0.270. The Balaban J connectivity index is 1.28. The third kappa shape index (κ3) is 5.33. The van der Waals surface area contributed by atoms with Crippen LogP contribution in [0.15, 0.2) is 45.6 Å². The molecule has 1 fully saturated rings. The fourth-order valence-corrected chi connectivity index (χ4v) is 4.71. The Morgan fingerprint density at radius 3 is 2.47 bits per heavy atom. The maximum atomic E-state index is 12.3. The second-order valence-electron chi connectivity index (χ2n) is 9.29. The summed E-state index contributed by atoms with van der Waals surface area (Å²) in [6.07, 6.45) is 1.92. The minimum Gasteiger partial charge on any atom is -0.493 e.